The van der Waals surface area contributed by atoms with Gasteiger partial charge in [-0.1, -0.05) is 36.4 Å². The van der Waals surface area contributed by atoms with Gasteiger partial charge in [-0.05, 0) is 24.3 Å². The summed E-state index contributed by atoms with van der Waals surface area (Å²) in [7, 11) is -2.11. The van der Waals surface area contributed by atoms with Crippen molar-refractivity contribution in [3.63, 3.8) is 0 Å². The minimum Gasteiger partial charge on any atom is -0.419 e. The molecule has 0 saturated heterocycles. The van der Waals surface area contributed by atoms with E-state index in [1.807, 2.05) is 30.3 Å². The van der Waals surface area contributed by atoms with Gasteiger partial charge in [-0.15, -0.1) is 10.2 Å². The second-order valence-corrected chi connectivity index (χ2v) is 6.99. The van der Waals surface area contributed by atoms with Crippen molar-refractivity contribution >= 4 is 10.0 Å². The van der Waals surface area contributed by atoms with E-state index in [4.69, 9.17) is 4.42 Å². The molecule has 6 nitrogen and oxygen atoms in total. The molecule has 0 fully saturated rings. The van der Waals surface area contributed by atoms with Crippen LogP contribution in [0.3, 0.4) is 0 Å². The third-order valence-corrected chi connectivity index (χ3v) is 5.11. The Morgan fingerprint density at radius 2 is 1.57 bits per heavy atom. The van der Waals surface area contributed by atoms with E-state index < -0.39 is 10.0 Å². The van der Waals surface area contributed by atoms with Crippen molar-refractivity contribution in [2.75, 3.05) is 7.05 Å². The van der Waals surface area contributed by atoms with E-state index in [0.29, 0.717) is 5.89 Å². The summed E-state index contributed by atoms with van der Waals surface area (Å²) in [6.45, 7) is 0.0110. The second kappa shape index (κ2) is 6.31. The maximum Gasteiger partial charge on any atom is 0.247 e. The maximum atomic E-state index is 12.4. The Kier molecular flexibility index (Phi) is 4.22. The largest absolute Gasteiger partial charge is 0.419 e. The highest BCUT2D eigenvalue weighted by molar-refractivity contribution is 7.89. The van der Waals surface area contributed by atoms with Crippen LogP contribution in [0, 0.1) is 0 Å². The quantitative estimate of drug-likeness (QED) is 0.719. The summed E-state index contributed by atoms with van der Waals surface area (Å²) < 4.78 is 31.6. The first-order valence-electron chi connectivity index (χ1n) is 6.96. The lowest BCUT2D eigenvalue weighted by atomic mass is 10.2. The Balaban J connectivity index is 1.79. The van der Waals surface area contributed by atoms with E-state index in [0.717, 1.165) is 5.56 Å². The van der Waals surface area contributed by atoms with Crippen molar-refractivity contribution in [3.8, 4) is 11.5 Å². The first kappa shape index (κ1) is 15.4. The molecule has 0 bridgehead atoms. The fourth-order valence-electron chi connectivity index (χ4n) is 2.06. The Bertz CT molecular complexity index is 877. The van der Waals surface area contributed by atoms with Gasteiger partial charge in [0.05, 0.1) is 11.4 Å². The van der Waals surface area contributed by atoms with Gasteiger partial charge in [-0.25, -0.2) is 8.42 Å². The van der Waals surface area contributed by atoms with Gasteiger partial charge >= 0.3 is 0 Å². The Hall–Kier alpha value is -2.51. The molecule has 0 saturated carbocycles. The van der Waals surface area contributed by atoms with Gasteiger partial charge in [0.25, 0.3) is 0 Å². The number of sulfonamides is 1. The molecule has 7 heteroatoms. The topological polar surface area (TPSA) is 76.3 Å². The third-order valence-electron chi connectivity index (χ3n) is 3.30. The van der Waals surface area contributed by atoms with Crippen molar-refractivity contribution in [3.05, 3.63) is 66.6 Å². The molecule has 2 aromatic carbocycles. The number of hydrogen-bond acceptors (Lipinski definition) is 5. The average Bonchev–Trinajstić information content (AvgIpc) is 3.05. The summed E-state index contributed by atoms with van der Waals surface area (Å²) in [5.74, 6) is 0.608. The molecule has 23 heavy (non-hydrogen) atoms. The predicted octanol–water partition coefficient (Wildman–Crippen LogP) is 2.56. The number of nitrogens with zero attached hydrogens (tertiary/aromatic N) is 3. The van der Waals surface area contributed by atoms with Crippen LogP contribution in [0.25, 0.3) is 11.5 Å². The van der Waals surface area contributed by atoms with Gasteiger partial charge in [-0.3, -0.25) is 0 Å². The third kappa shape index (κ3) is 3.30. The highest BCUT2D eigenvalue weighted by atomic mass is 32.2. The highest BCUT2D eigenvalue weighted by Crippen LogP contribution is 2.19. The van der Waals surface area contributed by atoms with Gasteiger partial charge < -0.3 is 4.42 Å². The zero-order valence-electron chi connectivity index (χ0n) is 12.5. The van der Waals surface area contributed by atoms with Gasteiger partial charge in [0.2, 0.25) is 21.8 Å². The summed E-state index contributed by atoms with van der Waals surface area (Å²) in [6.07, 6.45) is 0. The second-order valence-electron chi connectivity index (χ2n) is 4.94. The summed E-state index contributed by atoms with van der Waals surface area (Å²) >= 11 is 0. The first-order chi connectivity index (χ1) is 11.1. The Morgan fingerprint density at radius 1 is 0.957 bits per heavy atom. The van der Waals surface area contributed by atoms with Crippen LogP contribution in [-0.2, 0) is 16.6 Å². The smallest absolute Gasteiger partial charge is 0.247 e. The lowest BCUT2D eigenvalue weighted by Gasteiger charge is -2.14. The molecule has 0 spiro atoms. The maximum absolute atomic E-state index is 12.4. The van der Waals surface area contributed by atoms with Crippen molar-refractivity contribution in [2.45, 2.75) is 11.4 Å². The van der Waals surface area contributed by atoms with Crippen LogP contribution >= 0.6 is 0 Å². The molecule has 118 valence electrons. The summed E-state index contributed by atoms with van der Waals surface area (Å²) in [6, 6.07) is 17.6. The van der Waals surface area contributed by atoms with E-state index in [2.05, 4.69) is 10.2 Å². The van der Waals surface area contributed by atoms with Crippen LogP contribution in [0.2, 0.25) is 0 Å². The van der Waals surface area contributed by atoms with Crippen LogP contribution in [0.15, 0.2) is 70.0 Å². The zero-order chi connectivity index (χ0) is 16.3. The van der Waals surface area contributed by atoms with E-state index in [1.54, 1.807) is 30.3 Å². The Morgan fingerprint density at radius 3 is 2.22 bits per heavy atom. The molecule has 1 aromatic heterocycles. The number of aromatic nitrogens is 2. The normalized spacial score (nSPS) is 11.7. The summed E-state index contributed by atoms with van der Waals surface area (Å²) in [5, 5.41) is 7.87. The van der Waals surface area contributed by atoms with Crippen molar-refractivity contribution in [2.24, 2.45) is 0 Å². The molecule has 3 aromatic rings. The fraction of sp³-hybridized carbons (Fsp3) is 0.125. The molecular formula is C16H15N3O3S. The molecule has 0 unspecified atom stereocenters. The average molecular weight is 329 g/mol. The summed E-state index contributed by atoms with van der Waals surface area (Å²) in [4.78, 5) is 0.227. The van der Waals surface area contributed by atoms with Crippen LogP contribution in [-0.4, -0.2) is 30.0 Å². The Labute approximate surface area is 134 Å². The van der Waals surface area contributed by atoms with Crippen molar-refractivity contribution in [1.82, 2.24) is 14.5 Å². The molecule has 0 aliphatic carbocycles. The van der Waals surface area contributed by atoms with Crippen molar-refractivity contribution < 1.29 is 12.8 Å². The SMILES string of the molecule is CN(Cc1nnc(-c2ccccc2)o1)S(=O)(=O)c1ccccc1. The van der Waals surface area contributed by atoms with E-state index in [9.17, 15) is 8.42 Å². The lowest BCUT2D eigenvalue weighted by Crippen LogP contribution is -2.26. The highest BCUT2D eigenvalue weighted by Gasteiger charge is 2.22. The van der Waals surface area contributed by atoms with Crippen LogP contribution in [0.5, 0.6) is 0 Å². The van der Waals surface area contributed by atoms with Gasteiger partial charge in [-0.2, -0.15) is 4.31 Å². The molecule has 0 radical (unpaired) electrons. The van der Waals surface area contributed by atoms with Gasteiger partial charge in [0.15, 0.2) is 0 Å². The van der Waals surface area contributed by atoms with Crippen LogP contribution < -0.4 is 0 Å². The standard InChI is InChI=1S/C16H15N3O3S/c1-19(23(20,21)14-10-6-3-7-11-14)12-15-17-18-16(22-15)13-8-4-2-5-9-13/h2-11H,12H2,1H3. The molecule has 1 heterocycles. The van der Waals surface area contributed by atoms with Crippen molar-refractivity contribution in [1.29, 1.82) is 0 Å². The van der Waals surface area contributed by atoms with E-state index in [-0.39, 0.29) is 17.3 Å². The molecule has 0 atom stereocenters. The monoisotopic (exact) mass is 329 g/mol. The van der Waals surface area contributed by atoms with E-state index in [1.165, 1.54) is 11.4 Å². The summed E-state index contributed by atoms with van der Waals surface area (Å²) in [5.41, 5.74) is 0.791. The molecule has 0 aliphatic rings. The van der Waals surface area contributed by atoms with Gasteiger partial charge in [0, 0.05) is 12.6 Å². The minimum atomic E-state index is -3.59. The molecule has 3 rings (SSSR count). The molecular weight excluding hydrogens is 314 g/mol. The molecule has 0 amide bonds. The minimum absolute atomic E-state index is 0.0110. The van der Waals surface area contributed by atoms with Crippen LogP contribution in [0.4, 0.5) is 0 Å². The number of rotatable bonds is 5. The number of hydrogen-bond donors (Lipinski definition) is 0. The van der Waals surface area contributed by atoms with Gasteiger partial charge in [0.1, 0.15) is 0 Å². The first-order valence-corrected chi connectivity index (χ1v) is 8.40. The predicted molar refractivity (Wildman–Crippen MR) is 84.8 cm³/mol. The fourth-order valence-corrected chi connectivity index (χ4v) is 3.20. The molecule has 0 aliphatic heterocycles. The molecule has 0 N–H and O–H groups in total. The number of benzene rings is 2. The lowest BCUT2D eigenvalue weighted by molar-refractivity contribution is 0.400. The van der Waals surface area contributed by atoms with Crippen LogP contribution in [0.1, 0.15) is 5.89 Å². The van der Waals surface area contributed by atoms with E-state index >= 15 is 0 Å². The zero-order valence-corrected chi connectivity index (χ0v) is 13.3.